The molecular weight excluding hydrogens is 220 g/mol. The van der Waals surface area contributed by atoms with Crippen molar-refractivity contribution in [2.75, 3.05) is 19.0 Å². The molecule has 0 radical (unpaired) electrons. The molecule has 0 amide bonds. The van der Waals surface area contributed by atoms with Crippen LogP contribution in [0.4, 0.5) is 0 Å². The molecule has 0 aromatic heterocycles. The van der Waals surface area contributed by atoms with Crippen LogP contribution < -0.4 is 5.32 Å². The predicted molar refractivity (Wildman–Crippen MR) is 70.2 cm³/mol. The van der Waals surface area contributed by atoms with Gasteiger partial charge in [-0.2, -0.15) is 0 Å². The molecule has 1 fully saturated rings. The molecule has 2 aliphatic rings. The minimum Gasteiger partial charge on any atom is -0.379 e. The van der Waals surface area contributed by atoms with Gasteiger partial charge in [0, 0.05) is 12.4 Å². The highest BCUT2D eigenvalue weighted by atomic mass is 32.2. The Hall–Kier alpha value is -0.220. The van der Waals surface area contributed by atoms with E-state index in [9.17, 15) is 0 Å². The summed E-state index contributed by atoms with van der Waals surface area (Å²) in [5, 5.41) is 4.72. The second-order valence-corrected chi connectivity index (χ2v) is 6.06. The normalized spacial score (nSPS) is 35.6. The van der Waals surface area contributed by atoms with Gasteiger partial charge in [0.2, 0.25) is 0 Å². The van der Waals surface area contributed by atoms with Crippen molar-refractivity contribution in [2.24, 2.45) is 4.99 Å². The van der Waals surface area contributed by atoms with Crippen molar-refractivity contribution in [3.63, 3.8) is 0 Å². The molecule has 2 atom stereocenters. The van der Waals surface area contributed by atoms with Crippen LogP contribution in [-0.2, 0) is 4.74 Å². The molecule has 3 nitrogen and oxygen atoms in total. The maximum Gasteiger partial charge on any atom is 0.157 e. The summed E-state index contributed by atoms with van der Waals surface area (Å²) in [5.74, 6) is 1.20. The second-order valence-electron chi connectivity index (χ2n) is 4.98. The van der Waals surface area contributed by atoms with Crippen LogP contribution in [0.3, 0.4) is 0 Å². The fourth-order valence-electron chi connectivity index (χ4n) is 2.21. The highest BCUT2D eigenvalue weighted by Crippen LogP contribution is 2.23. The zero-order valence-corrected chi connectivity index (χ0v) is 11.1. The SMILES string of the molecule is CCC1CCSC(NC2(C)CCCOC2)=N1. The van der Waals surface area contributed by atoms with Gasteiger partial charge in [-0.15, -0.1) is 0 Å². The van der Waals surface area contributed by atoms with Crippen LogP contribution in [0.5, 0.6) is 0 Å². The Bertz CT molecular complexity index is 262. The Labute approximate surface area is 102 Å². The summed E-state index contributed by atoms with van der Waals surface area (Å²) in [6, 6.07) is 0.525. The van der Waals surface area contributed by atoms with E-state index in [0.29, 0.717) is 6.04 Å². The quantitative estimate of drug-likeness (QED) is 0.807. The second kappa shape index (κ2) is 5.41. The molecule has 4 heteroatoms. The molecule has 0 spiro atoms. The van der Waals surface area contributed by atoms with Crippen molar-refractivity contribution >= 4 is 16.9 Å². The maximum atomic E-state index is 5.55. The van der Waals surface area contributed by atoms with Crippen LogP contribution >= 0.6 is 11.8 Å². The fraction of sp³-hybridized carbons (Fsp3) is 0.917. The smallest absolute Gasteiger partial charge is 0.157 e. The third-order valence-corrected chi connectivity index (χ3v) is 4.23. The Kier molecular flexibility index (Phi) is 4.14. The number of hydrogen-bond donors (Lipinski definition) is 1. The average molecular weight is 242 g/mol. The fourth-order valence-corrected chi connectivity index (χ4v) is 3.34. The van der Waals surface area contributed by atoms with Crippen molar-refractivity contribution in [2.45, 2.75) is 51.1 Å². The topological polar surface area (TPSA) is 33.6 Å². The lowest BCUT2D eigenvalue weighted by molar-refractivity contribution is 0.0374. The average Bonchev–Trinajstić information content (AvgIpc) is 2.29. The van der Waals surface area contributed by atoms with E-state index in [1.165, 1.54) is 18.6 Å². The van der Waals surface area contributed by atoms with Crippen molar-refractivity contribution < 1.29 is 4.74 Å². The van der Waals surface area contributed by atoms with Gasteiger partial charge in [-0.1, -0.05) is 18.7 Å². The van der Waals surface area contributed by atoms with E-state index in [0.717, 1.165) is 31.2 Å². The van der Waals surface area contributed by atoms with E-state index < -0.39 is 0 Å². The molecule has 0 aliphatic carbocycles. The minimum atomic E-state index is 0.0969. The molecule has 2 rings (SSSR count). The molecule has 2 heterocycles. The van der Waals surface area contributed by atoms with Gasteiger partial charge in [-0.25, -0.2) is 0 Å². The van der Waals surface area contributed by atoms with Crippen LogP contribution in [-0.4, -0.2) is 35.7 Å². The summed E-state index contributed by atoms with van der Waals surface area (Å²) in [4.78, 5) is 4.75. The van der Waals surface area contributed by atoms with E-state index in [2.05, 4.69) is 19.2 Å². The lowest BCUT2D eigenvalue weighted by atomic mass is 9.95. The number of nitrogens with one attached hydrogen (secondary N) is 1. The Morgan fingerprint density at radius 1 is 1.62 bits per heavy atom. The summed E-state index contributed by atoms with van der Waals surface area (Å²) in [5.41, 5.74) is 0.0969. The monoisotopic (exact) mass is 242 g/mol. The molecule has 0 bridgehead atoms. The van der Waals surface area contributed by atoms with Gasteiger partial charge < -0.3 is 10.1 Å². The Balaban J connectivity index is 1.94. The first kappa shape index (κ1) is 12.2. The number of ether oxygens (including phenoxy) is 1. The summed E-state index contributed by atoms with van der Waals surface area (Å²) in [6.07, 6.45) is 4.71. The number of amidine groups is 1. The van der Waals surface area contributed by atoms with Crippen LogP contribution in [0, 0.1) is 0 Å². The lowest BCUT2D eigenvalue weighted by Crippen LogP contribution is -2.51. The van der Waals surface area contributed by atoms with Crippen molar-refractivity contribution in [3.8, 4) is 0 Å². The van der Waals surface area contributed by atoms with Gasteiger partial charge in [0.05, 0.1) is 18.2 Å². The van der Waals surface area contributed by atoms with Gasteiger partial charge >= 0.3 is 0 Å². The highest BCUT2D eigenvalue weighted by Gasteiger charge is 2.29. The van der Waals surface area contributed by atoms with Crippen molar-refractivity contribution in [1.29, 1.82) is 0 Å². The van der Waals surface area contributed by atoms with Crippen LogP contribution in [0.2, 0.25) is 0 Å². The van der Waals surface area contributed by atoms with E-state index in [1.54, 1.807) is 0 Å². The summed E-state index contributed by atoms with van der Waals surface area (Å²) in [6.45, 7) is 6.18. The first-order chi connectivity index (χ1) is 7.72. The van der Waals surface area contributed by atoms with Crippen LogP contribution in [0.1, 0.15) is 39.5 Å². The van der Waals surface area contributed by atoms with Gasteiger partial charge in [-0.05, 0) is 32.6 Å². The molecule has 92 valence electrons. The predicted octanol–water partition coefficient (Wildman–Crippen LogP) is 2.42. The largest absolute Gasteiger partial charge is 0.379 e. The van der Waals surface area contributed by atoms with Gasteiger partial charge in [-0.3, -0.25) is 4.99 Å². The standard InChI is InChI=1S/C12H22N2OS/c1-3-10-5-8-16-11(13-10)14-12(2)6-4-7-15-9-12/h10H,3-9H2,1-2H3,(H,13,14). The first-order valence-electron chi connectivity index (χ1n) is 6.28. The van der Waals surface area contributed by atoms with E-state index in [-0.39, 0.29) is 5.54 Å². The third kappa shape index (κ3) is 3.14. The summed E-state index contributed by atoms with van der Waals surface area (Å²) >= 11 is 1.86. The van der Waals surface area contributed by atoms with E-state index in [4.69, 9.17) is 9.73 Å². The number of nitrogens with zero attached hydrogens (tertiary/aromatic N) is 1. The third-order valence-electron chi connectivity index (χ3n) is 3.31. The van der Waals surface area contributed by atoms with Crippen LogP contribution in [0.25, 0.3) is 0 Å². The van der Waals surface area contributed by atoms with Crippen molar-refractivity contribution in [1.82, 2.24) is 5.32 Å². The number of hydrogen-bond acceptors (Lipinski definition) is 4. The zero-order valence-electron chi connectivity index (χ0n) is 10.3. The van der Waals surface area contributed by atoms with Gasteiger partial charge in [0.25, 0.3) is 0 Å². The molecule has 1 N–H and O–H groups in total. The molecule has 1 saturated heterocycles. The molecule has 0 aromatic carbocycles. The number of thioether (sulfide) groups is 1. The van der Waals surface area contributed by atoms with Crippen molar-refractivity contribution in [3.05, 3.63) is 0 Å². The summed E-state index contributed by atoms with van der Waals surface area (Å²) < 4.78 is 5.55. The Morgan fingerprint density at radius 2 is 2.50 bits per heavy atom. The number of rotatable bonds is 2. The van der Waals surface area contributed by atoms with Crippen LogP contribution in [0.15, 0.2) is 4.99 Å². The maximum absolute atomic E-state index is 5.55. The van der Waals surface area contributed by atoms with E-state index >= 15 is 0 Å². The van der Waals surface area contributed by atoms with Gasteiger partial charge in [0.1, 0.15) is 0 Å². The zero-order chi connectivity index (χ0) is 11.4. The number of aliphatic imine (C=N–C) groups is 1. The molecule has 0 aromatic rings. The molecular formula is C12H22N2OS. The van der Waals surface area contributed by atoms with Gasteiger partial charge in [0.15, 0.2) is 5.17 Å². The molecule has 0 saturated carbocycles. The molecule has 16 heavy (non-hydrogen) atoms. The first-order valence-corrected chi connectivity index (χ1v) is 7.27. The lowest BCUT2D eigenvalue weighted by Gasteiger charge is -2.36. The highest BCUT2D eigenvalue weighted by molar-refractivity contribution is 8.13. The Morgan fingerprint density at radius 3 is 3.19 bits per heavy atom. The molecule has 2 aliphatic heterocycles. The van der Waals surface area contributed by atoms with E-state index in [1.807, 2.05) is 11.8 Å². The minimum absolute atomic E-state index is 0.0969. The summed E-state index contributed by atoms with van der Waals surface area (Å²) in [7, 11) is 0. The molecule has 2 unspecified atom stereocenters.